The number of benzene rings is 8. The van der Waals surface area contributed by atoms with E-state index >= 15 is 0 Å². The SMILES string of the molecule is CC(C(=O)O)c1ccc(F)c(C#N)c1.CC1CCN(c2nc(C(F)(F)F)ccc2CN)CC1.COC(=O)C(C)c1ccc(F)c(C#N)c1.COC(=O)C(C)c1ccc(F)c(I)c1.COC(=O)C(C)c1ccc(F)c(N)c1.COC(=O)C(C)c1ccc(F)c([N+](=O)[O-])c1.COC(=O)C(C)c1ccc(F)cc1.COC(=O)Cc1ccc(F)cc1.O=C(O)Cc1ccc(F)cc1. The Hall–Kier alpha value is -13.4. The zero-order valence-corrected chi connectivity index (χ0v) is 73.7. The molecule has 0 radical (unpaired) electrons. The minimum absolute atomic E-state index is 0.0400. The van der Waals surface area contributed by atoms with Crippen molar-refractivity contribution in [1.29, 1.82) is 10.5 Å². The van der Waals surface area contributed by atoms with Gasteiger partial charge < -0.3 is 55.0 Å². The number of alkyl halides is 3. The van der Waals surface area contributed by atoms with Crippen LogP contribution in [0, 0.1) is 88.8 Å². The number of carbonyl (C=O) groups is 8. The van der Waals surface area contributed by atoms with Crippen LogP contribution in [-0.4, -0.2) is 124 Å². The third-order valence-corrected chi connectivity index (χ3v) is 19.5. The van der Waals surface area contributed by atoms with E-state index in [1.165, 1.54) is 172 Å². The van der Waals surface area contributed by atoms with Crippen molar-refractivity contribution < 1.29 is 130 Å². The standard InChI is InChI=1S/C13H18F3N3.C11H10FNO2.C10H10FIO2.C10H10FNO4.C10H12FNO2.C10H8FNO2.C10H11FO2.C9H9FO2.C8H7FO2/c1-9-4-6-19(7-5-9)12-10(8-17)2-3-11(18-12)13(14,15)16;1-7(11(14)15-2)8-3-4-10(12)9(5-8)6-13;1-6(10(13)14-2)7-3-4-8(11)9(12)5-7;1-6(10(13)16-2)7-3-4-8(11)9(5-7)12(14)15;1-6(10(13)14-2)7-3-4-8(11)9(12)5-7;1-6(10(13)14)7-2-3-9(11)8(4-7)5-12;1-7(10(12)13-2)8-3-5-9(11)6-4-8;1-12-9(11)6-7-2-4-8(10)5-3-7;9-7-3-1-6(2-4-7)5-8(10)11/h2-3,9H,4-8,17H2,1H3;3-5,7H,1-2H3;3-6H,1-2H3;3-6H,1-2H3;3-6H,12H2,1-2H3;2-4,6H,1H3,(H,13,14);3-7H,1-2H3;2-5H,6H2,1H3;1-4H,5H2,(H,10,11). The first kappa shape index (κ1) is 111. The second-order valence-electron chi connectivity index (χ2n) is 27.6. The number of carboxylic acid groups (broad SMARTS) is 2. The summed E-state index contributed by atoms with van der Waals surface area (Å²) in [7, 11) is 7.82. The Morgan fingerprint density at radius 2 is 0.836 bits per heavy atom. The lowest BCUT2D eigenvalue weighted by Gasteiger charge is -2.32. The second-order valence-corrected chi connectivity index (χ2v) is 28.7. The molecule has 8 aromatic carbocycles. The highest BCUT2D eigenvalue weighted by molar-refractivity contribution is 14.1. The van der Waals surface area contributed by atoms with Crippen LogP contribution in [0.4, 0.5) is 65.5 Å². The quantitative estimate of drug-likeness (QED) is 0.0111. The predicted octanol–water partition coefficient (Wildman–Crippen LogP) is 18.2. The number of nitrogens with zero attached hydrogens (tertiary/aromatic N) is 5. The van der Waals surface area contributed by atoms with Gasteiger partial charge in [-0.05, 0) is 224 Å². The Labute approximate surface area is 745 Å². The van der Waals surface area contributed by atoms with Crippen molar-refractivity contribution >= 4 is 87.5 Å². The third-order valence-electron chi connectivity index (χ3n) is 18.7. The first-order valence-corrected chi connectivity index (χ1v) is 39.3. The Balaban J connectivity index is 0.000000489. The number of piperidine rings is 1. The van der Waals surface area contributed by atoms with Gasteiger partial charge in [0.15, 0.2) is 0 Å². The number of ether oxygens (including phenoxy) is 6. The molecule has 0 saturated carbocycles. The molecule has 0 aliphatic carbocycles. The zero-order valence-electron chi connectivity index (χ0n) is 71.6. The average molecular weight is 1910 g/mol. The van der Waals surface area contributed by atoms with Gasteiger partial charge in [0.25, 0.3) is 0 Å². The second kappa shape index (κ2) is 55.8. The average Bonchev–Trinajstić information content (AvgIpc) is 0.821. The van der Waals surface area contributed by atoms with Gasteiger partial charge in [-0.25, -0.2) is 35.7 Å². The van der Waals surface area contributed by atoms with Gasteiger partial charge in [0, 0.05) is 34.8 Å². The van der Waals surface area contributed by atoms with Crippen molar-refractivity contribution in [3.8, 4) is 12.1 Å². The topological polar surface area (TPSA) is 391 Å². The summed E-state index contributed by atoms with van der Waals surface area (Å²) in [6.07, 6.45) is -2.33. The van der Waals surface area contributed by atoms with Gasteiger partial charge in [0.1, 0.15) is 64.4 Å². The lowest BCUT2D eigenvalue weighted by Crippen LogP contribution is -2.34. The molecule has 9 aromatic rings. The summed E-state index contributed by atoms with van der Waals surface area (Å²) < 4.78 is 168. The predicted molar refractivity (Wildman–Crippen MR) is 457 cm³/mol. The van der Waals surface area contributed by atoms with Crippen LogP contribution in [0.15, 0.2) is 176 Å². The number of hydrogen-bond acceptors (Lipinski definition) is 22. The number of carbonyl (C=O) groups excluding carboxylic acids is 6. The summed E-state index contributed by atoms with van der Waals surface area (Å²) >= 11 is 1.89. The number of nitriles is 2. The maximum Gasteiger partial charge on any atom is 0.433 e. The Kier molecular flexibility index (Phi) is 48.2. The minimum Gasteiger partial charge on any atom is -0.481 e. The van der Waals surface area contributed by atoms with Crippen molar-refractivity contribution in [3.63, 3.8) is 0 Å². The van der Waals surface area contributed by atoms with Gasteiger partial charge in [-0.15, -0.1) is 0 Å². The summed E-state index contributed by atoms with van der Waals surface area (Å²) in [5.41, 5.74) is 14.9. The van der Waals surface area contributed by atoms with E-state index in [1.807, 2.05) is 27.5 Å². The Morgan fingerprint density at radius 1 is 0.492 bits per heavy atom. The molecule has 1 aliphatic rings. The number of nitrogen functional groups attached to an aromatic ring is 1. The fourth-order valence-corrected chi connectivity index (χ4v) is 11.3. The molecule has 25 nitrogen and oxygen atoms in total. The summed E-state index contributed by atoms with van der Waals surface area (Å²) in [5, 5.41) is 44.7. The highest BCUT2D eigenvalue weighted by atomic mass is 127. The van der Waals surface area contributed by atoms with Gasteiger partial charge in [-0.2, -0.15) is 28.1 Å². The first-order valence-electron chi connectivity index (χ1n) is 38.2. The molecule has 6 atom stereocenters. The van der Waals surface area contributed by atoms with Crippen LogP contribution in [0.3, 0.4) is 0 Å². The van der Waals surface area contributed by atoms with E-state index in [1.54, 1.807) is 76.2 Å². The zero-order chi connectivity index (χ0) is 97.0. The maximum absolute atomic E-state index is 13.0. The molecular weight excluding hydrogens is 1810 g/mol. The molecule has 686 valence electrons. The van der Waals surface area contributed by atoms with Gasteiger partial charge in [0.05, 0.1) is 113 Å². The number of aliphatic carboxylic acids is 2. The monoisotopic (exact) mass is 1910 g/mol. The Bertz CT molecular complexity index is 5200. The smallest absolute Gasteiger partial charge is 0.433 e. The van der Waals surface area contributed by atoms with E-state index < -0.39 is 93.3 Å². The molecular formula is C91H95F11IN7O18. The highest BCUT2D eigenvalue weighted by Crippen LogP contribution is 2.33. The van der Waals surface area contributed by atoms with Crippen LogP contribution in [0.2, 0.25) is 0 Å². The number of nitro benzene ring substituents is 1. The molecule has 6 N–H and O–H groups in total. The third kappa shape index (κ3) is 37.8. The van der Waals surface area contributed by atoms with E-state index in [-0.39, 0.29) is 95.2 Å². The number of esters is 6. The van der Waals surface area contributed by atoms with Crippen LogP contribution < -0.4 is 16.4 Å². The van der Waals surface area contributed by atoms with Crippen molar-refractivity contribution in [1.82, 2.24) is 4.98 Å². The maximum atomic E-state index is 13.0. The highest BCUT2D eigenvalue weighted by Gasteiger charge is 2.34. The molecule has 1 aliphatic heterocycles. The number of methoxy groups -OCH3 is 6. The van der Waals surface area contributed by atoms with E-state index in [0.29, 0.717) is 48.7 Å². The molecule has 0 bridgehead atoms. The van der Waals surface area contributed by atoms with E-state index in [2.05, 4.69) is 40.3 Å². The number of aromatic nitrogens is 1. The van der Waals surface area contributed by atoms with Gasteiger partial charge in [0.2, 0.25) is 5.82 Å². The van der Waals surface area contributed by atoms with Crippen LogP contribution in [-0.2, 0) is 92.3 Å². The van der Waals surface area contributed by atoms with Crippen LogP contribution >= 0.6 is 22.6 Å². The summed E-state index contributed by atoms with van der Waals surface area (Å²) in [6.45, 7) is 13.6. The summed E-state index contributed by atoms with van der Waals surface area (Å²) in [4.78, 5) is 103. The largest absolute Gasteiger partial charge is 0.481 e. The minimum atomic E-state index is -4.41. The summed E-state index contributed by atoms with van der Waals surface area (Å²) in [6, 6.07) is 42.7. The number of rotatable bonds is 19. The fraction of sp³-hybridized carbons (Fsp3) is 0.308. The van der Waals surface area contributed by atoms with Gasteiger partial charge in [-0.1, -0.05) is 79.7 Å². The van der Waals surface area contributed by atoms with E-state index in [9.17, 15) is 96.8 Å². The number of nitro groups is 1. The Morgan fingerprint density at radius 3 is 1.19 bits per heavy atom. The number of hydrogen-bond donors (Lipinski definition) is 4. The number of pyridine rings is 1. The first-order chi connectivity index (χ1) is 60.2. The molecule has 6 unspecified atom stereocenters. The van der Waals surface area contributed by atoms with Gasteiger partial charge >= 0.3 is 59.6 Å². The molecule has 128 heavy (non-hydrogen) atoms. The molecule has 2 heterocycles. The molecule has 1 fully saturated rings. The number of anilines is 2. The molecule has 1 aromatic heterocycles. The summed E-state index contributed by atoms with van der Waals surface area (Å²) in [5.74, 6) is -10.0. The van der Waals surface area contributed by atoms with Crippen molar-refractivity contribution in [3.05, 3.63) is 303 Å². The number of halogens is 12. The fourth-order valence-electron chi connectivity index (χ4n) is 10.7. The van der Waals surface area contributed by atoms with Crippen LogP contribution in [0.25, 0.3) is 0 Å². The molecule has 10 rings (SSSR count). The van der Waals surface area contributed by atoms with Crippen molar-refractivity contribution in [2.24, 2.45) is 11.7 Å². The van der Waals surface area contributed by atoms with E-state index in [0.717, 1.165) is 66.9 Å². The molecule has 0 spiro atoms. The van der Waals surface area contributed by atoms with Crippen LogP contribution in [0.5, 0.6) is 0 Å². The molecule has 37 heteroatoms. The van der Waals surface area contributed by atoms with Crippen molar-refractivity contribution in [2.75, 3.05) is 66.4 Å². The number of nitrogens with two attached hydrogens (primary N) is 2. The van der Waals surface area contributed by atoms with Crippen molar-refractivity contribution in [2.45, 2.75) is 122 Å². The van der Waals surface area contributed by atoms with Gasteiger partial charge in [-0.3, -0.25) is 48.5 Å². The number of carboxylic acids is 2. The van der Waals surface area contributed by atoms with E-state index in [4.69, 9.17) is 32.2 Å². The normalized spacial score (nSPS) is 12.4. The lowest BCUT2D eigenvalue weighted by molar-refractivity contribution is -0.387. The van der Waals surface area contributed by atoms with Crippen LogP contribution in [0.1, 0.15) is 164 Å². The lowest BCUT2D eigenvalue weighted by atomic mass is 9.99. The molecule has 0 amide bonds. The molecule has 1 saturated heterocycles.